The van der Waals surface area contributed by atoms with Crippen LogP contribution >= 0.6 is 0 Å². The zero-order valence-electron chi connectivity index (χ0n) is 13.0. The molecule has 0 spiro atoms. The van der Waals surface area contributed by atoms with Gasteiger partial charge in [0.2, 0.25) is 0 Å². The summed E-state index contributed by atoms with van der Waals surface area (Å²) in [6, 6.07) is 9.10. The molecule has 0 saturated carbocycles. The van der Waals surface area contributed by atoms with Crippen molar-refractivity contribution in [3.63, 3.8) is 0 Å². The summed E-state index contributed by atoms with van der Waals surface area (Å²) in [7, 11) is 2.07. The second-order valence-electron chi connectivity index (χ2n) is 7.11. The van der Waals surface area contributed by atoms with Crippen LogP contribution in [-0.4, -0.2) is 38.1 Å². The Labute approximate surface area is 123 Å². The summed E-state index contributed by atoms with van der Waals surface area (Å²) in [6.45, 7) is 7.36. The molecule has 0 radical (unpaired) electrons. The molecule has 1 aromatic rings. The second kappa shape index (κ2) is 5.87. The smallest absolute Gasteiger partial charge is 0.00506 e. The average molecular weight is 272 g/mol. The second-order valence-corrected chi connectivity index (χ2v) is 7.11. The summed E-state index contributed by atoms with van der Waals surface area (Å²) >= 11 is 0. The van der Waals surface area contributed by atoms with E-state index in [0.717, 1.165) is 12.5 Å². The maximum Gasteiger partial charge on any atom is 0.00506 e. The van der Waals surface area contributed by atoms with E-state index < -0.39 is 0 Å². The van der Waals surface area contributed by atoms with Gasteiger partial charge in [-0.1, -0.05) is 31.2 Å². The SMILES string of the molecule is CNCC1(C)CCN(CC2CCCc3ccccc32)C1. The molecule has 1 saturated heterocycles. The van der Waals surface area contributed by atoms with Crippen molar-refractivity contribution in [1.82, 2.24) is 10.2 Å². The molecule has 2 unspecified atom stereocenters. The Hall–Kier alpha value is -0.860. The molecule has 2 atom stereocenters. The lowest BCUT2D eigenvalue weighted by molar-refractivity contribution is 0.252. The summed E-state index contributed by atoms with van der Waals surface area (Å²) in [5.41, 5.74) is 3.70. The van der Waals surface area contributed by atoms with Gasteiger partial charge in [0, 0.05) is 19.6 Å². The molecule has 2 aliphatic rings. The Kier molecular flexibility index (Phi) is 4.13. The van der Waals surface area contributed by atoms with Crippen LogP contribution in [0.25, 0.3) is 0 Å². The fourth-order valence-corrected chi connectivity index (χ4v) is 4.21. The largest absolute Gasteiger partial charge is 0.319 e. The monoisotopic (exact) mass is 272 g/mol. The van der Waals surface area contributed by atoms with Crippen LogP contribution < -0.4 is 5.32 Å². The molecule has 1 N–H and O–H groups in total. The minimum atomic E-state index is 0.475. The average Bonchev–Trinajstić information content (AvgIpc) is 2.81. The quantitative estimate of drug-likeness (QED) is 0.906. The Balaban J connectivity index is 1.65. The molecule has 2 heteroatoms. The van der Waals surface area contributed by atoms with Gasteiger partial charge in [-0.05, 0) is 61.7 Å². The van der Waals surface area contributed by atoms with Crippen molar-refractivity contribution in [3.8, 4) is 0 Å². The molecule has 0 aromatic heterocycles. The van der Waals surface area contributed by atoms with Gasteiger partial charge in [-0.3, -0.25) is 0 Å². The molecule has 3 rings (SSSR count). The summed E-state index contributed by atoms with van der Waals surface area (Å²) in [5, 5.41) is 3.36. The number of nitrogens with one attached hydrogen (secondary N) is 1. The van der Waals surface area contributed by atoms with E-state index >= 15 is 0 Å². The van der Waals surface area contributed by atoms with Crippen LogP contribution in [-0.2, 0) is 6.42 Å². The molecule has 1 fully saturated rings. The van der Waals surface area contributed by atoms with Crippen molar-refractivity contribution in [2.24, 2.45) is 5.41 Å². The third-order valence-corrected chi connectivity index (χ3v) is 5.21. The summed E-state index contributed by atoms with van der Waals surface area (Å²) < 4.78 is 0. The minimum absolute atomic E-state index is 0.475. The van der Waals surface area contributed by atoms with E-state index in [4.69, 9.17) is 0 Å². The van der Waals surface area contributed by atoms with Crippen molar-refractivity contribution in [2.45, 2.75) is 38.5 Å². The van der Waals surface area contributed by atoms with Crippen molar-refractivity contribution >= 4 is 0 Å². The number of hydrogen-bond donors (Lipinski definition) is 1. The lowest BCUT2D eigenvalue weighted by Gasteiger charge is -2.30. The molecule has 1 heterocycles. The molecule has 20 heavy (non-hydrogen) atoms. The summed E-state index contributed by atoms with van der Waals surface area (Å²) in [5.74, 6) is 0.761. The Bertz CT molecular complexity index is 456. The lowest BCUT2D eigenvalue weighted by atomic mass is 9.82. The van der Waals surface area contributed by atoms with Gasteiger partial charge < -0.3 is 10.2 Å². The van der Waals surface area contributed by atoms with E-state index in [0.29, 0.717) is 5.41 Å². The van der Waals surface area contributed by atoms with E-state index in [1.54, 1.807) is 11.1 Å². The normalized spacial score (nSPS) is 30.4. The highest BCUT2D eigenvalue weighted by Gasteiger charge is 2.34. The first-order chi connectivity index (χ1) is 9.70. The van der Waals surface area contributed by atoms with E-state index in [-0.39, 0.29) is 0 Å². The van der Waals surface area contributed by atoms with Crippen molar-refractivity contribution < 1.29 is 0 Å². The topological polar surface area (TPSA) is 15.3 Å². The minimum Gasteiger partial charge on any atom is -0.319 e. The van der Waals surface area contributed by atoms with Crippen LogP contribution in [0.3, 0.4) is 0 Å². The van der Waals surface area contributed by atoms with Crippen LogP contribution in [0.5, 0.6) is 0 Å². The Morgan fingerprint density at radius 1 is 1.35 bits per heavy atom. The third-order valence-electron chi connectivity index (χ3n) is 5.21. The fourth-order valence-electron chi connectivity index (χ4n) is 4.21. The molecule has 110 valence electrons. The third kappa shape index (κ3) is 2.91. The molecular weight excluding hydrogens is 244 g/mol. The van der Waals surface area contributed by atoms with Crippen LogP contribution in [0.15, 0.2) is 24.3 Å². The fraction of sp³-hybridized carbons (Fsp3) is 0.667. The van der Waals surface area contributed by atoms with E-state index in [1.165, 1.54) is 45.3 Å². The van der Waals surface area contributed by atoms with Gasteiger partial charge >= 0.3 is 0 Å². The molecule has 1 aliphatic heterocycles. The highest BCUT2D eigenvalue weighted by atomic mass is 15.2. The first kappa shape index (κ1) is 14.1. The summed E-state index contributed by atoms with van der Waals surface area (Å²) in [4.78, 5) is 2.70. The molecule has 1 aromatic carbocycles. The van der Waals surface area contributed by atoms with Crippen molar-refractivity contribution in [2.75, 3.05) is 33.2 Å². The van der Waals surface area contributed by atoms with Crippen LogP contribution in [0.2, 0.25) is 0 Å². The van der Waals surface area contributed by atoms with Crippen LogP contribution in [0.4, 0.5) is 0 Å². The van der Waals surface area contributed by atoms with Crippen LogP contribution in [0, 0.1) is 5.41 Å². The molecule has 0 bridgehead atoms. The maximum atomic E-state index is 3.36. The van der Waals surface area contributed by atoms with Crippen molar-refractivity contribution in [3.05, 3.63) is 35.4 Å². The number of aryl methyl sites for hydroxylation is 1. The van der Waals surface area contributed by atoms with Gasteiger partial charge in [0.25, 0.3) is 0 Å². The van der Waals surface area contributed by atoms with Crippen LogP contribution in [0.1, 0.15) is 43.2 Å². The molecular formula is C18H28N2. The lowest BCUT2D eigenvalue weighted by Crippen LogP contribution is -2.35. The Morgan fingerprint density at radius 3 is 3.05 bits per heavy atom. The zero-order valence-corrected chi connectivity index (χ0v) is 13.0. The van der Waals surface area contributed by atoms with Crippen molar-refractivity contribution in [1.29, 1.82) is 0 Å². The molecule has 0 amide bonds. The van der Waals surface area contributed by atoms with Gasteiger partial charge in [-0.25, -0.2) is 0 Å². The zero-order chi connectivity index (χ0) is 14.0. The number of fused-ring (bicyclic) bond motifs is 1. The number of likely N-dealkylation sites (tertiary alicyclic amines) is 1. The van der Waals surface area contributed by atoms with Gasteiger partial charge in [0.15, 0.2) is 0 Å². The first-order valence-corrected chi connectivity index (χ1v) is 8.15. The predicted octanol–water partition coefficient (Wildman–Crippen LogP) is 3.04. The van der Waals surface area contributed by atoms with E-state index in [9.17, 15) is 0 Å². The molecule has 2 nitrogen and oxygen atoms in total. The van der Waals surface area contributed by atoms with E-state index in [1.807, 2.05) is 0 Å². The Morgan fingerprint density at radius 2 is 2.20 bits per heavy atom. The highest BCUT2D eigenvalue weighted by molar-refractivity contribution is 5.32. The highest BCUT2D eigenvalue weighted by Crippen LogP contribution is 2.35. The standard InChI is InChI=1S/C18H28N2/c1-18(13-19-2)10-11-20(14-18)12-16-8-5-7-15-6-3-4-9-17(15)16/h3-4,6,9,16,19H,5,7-8,10-14H2,1-2H3. The summed E-state index contributed by atoms with van der Waals surface area (Å²) in [6.07, 6.45) is 5.35. The molecule has 1 aliphatic carbocycles. The van der Waals surface area contributed by atoms with Gasteiger partial charge in [-0.2, -0.15) is 0 Å². The maximum absolute atomic E-state index is 3.36. The number of nitrogens with zero attached hydrogens (tertiary/aromatic N) is 1. The van der Waals surface area contributed by atoms with E-state index in [2.05, 4.69) is 48.5 Å². The van der Waals surface area contributed by atoms with Gasteiger partial charge in [0.05, 0.1) is 0 Å². The number of rotatable bonds is 4. The number of benzene rings is 1. The first-order valence-electron chi connectivity index (χ1n) is 8.15. The number of hydrogen-bond acceptors (Lipinski definition) is 2. The van der Waals surface area contributed by atoms with Gasteiger partial charge in [0.1, 0.15) is 0 Å². The van der Waals surface area contributed by atoms with Gasteiger partial charge in [-0.15, -0.1) is 0 Å². The predicted molar refractivity (Wildman–Crippen MR) is 85.2 cm³/mol.